The largest absolute Gasteiger partial charge is 0.505 e. The summed E-state index contributed by atoms with van der Waals surface area (Å²) < 4.78 is 5.09. The highest BCUT2D eigenvalue weighted by atomic mass is 35.5. The molecule has 1 N–H and O–H groups in total. The number of carbonyl (C=O) groups is 1. The van der Waals surface area contributed by atoms with Crippen LogP contribution in [0.25, 0.3) is 5.76 Å². The molecule has 120 valence electrons. The van der Waals surface area contributed by atoms with Gasteiger partial charge >= 0.3 is 5.97 Å². The average Bonchev–Trinajstić information content (AvgIpc) is 2.56. The van der Waals surface area contributed by atoms with E-state index < -0.39 is 5.97 Å². The predicted molar refractivity (Wildman–Crippen MR) is 92.5 cm³/mol. The van der Waals surface area contributed by atoms with Crippen molar-refractivity contribution < 1.29 is 14.6 Å². The molecule has 2 aromatic rings. The fourth-order valence-corrected chi connectivity index (χ4v) is 2.43. The Morgan fingerprint density at radius 1 is 1.13 bits per heavy atom. The van der Waals surface area contributed by atoms with Gasteiger partial charge in [0, 0.05) is 12.6 Å². The number of halogens is 1. The Kier molecular flexibility index (Phi) is 5.66. The third kappa shape index (κ3) is 3.85. The van der Waals surface area contributed by atoms with Crippen LogP contribution in [0.15, 0.2) is 60.3 Å². The minimum Gasteiger partial charge on any atom is -0.505 e. The summed E-state index contributed by atoms with van der Waals surface area (Å²) in [6.45, 7) is 1.92. The summed E-state index contributed by atoms with van der Waals surface area (Å²) in [7, 11) is 1.66. The van der Waals surface area contributed by atoms with Crippen molar-refractivity contribution in [3.05, 3.63) is 70.9 Å². The number of likely N-dealkylation sites (N-methyl/N-ethyl adjacent to an activating group) is 1. The van der Waals surface area contributed by atoms with Crippen molar-refractivity contribution in [3.63, 3.8) is 0 Å². The van der Waals surface area contributed by atoms with Gasteiger partial charge in [-0.15, -0.1) is 0 Å². The number of aliphatic hydroxyl groups is 1. The number of esters is 1. The molecule has 0 heterocycles. The molecule has 0 saturated carbocycles. The molecule has 2 aromatic carbocycles. The van der Waals surface area contributed by atoms with Crippen LogP contribution in [0.3, 0.4) is 0 Å². The molecule has 0 aliphatic heterocycles. The lowest BCUT2D eigenvalue weighted by Crippen LogP contribution is -2.26. The number of rotatable bonds is 5. The minimum atomic E-state index is -0.615. The van der Waals surface area contributed by atoms with E-state index in [1.807, 2.05) is 6.07 Å². The van der Waals surface area contributed by atoms with E-state index in [4.69, 9.17) is 16.3 Å². The van der Waals surface area contributed by atoms with E-state index in [0.29, 0.717) is 16.3 Å². The van der Waals surface area contributed by atoms with Crippen molar-refractivity contribution in [1.29, 1.82) is 0 Å². The number of para-hydroxylation sites is 1. The summed E-state index contributed by atoms with van der Waals surface area (Å²) in [6.07, 6.45) is 0. The summed E-state index contributed by atoms with van der Waals surface area (Å²) in [6, 6.07) is 15.9. The van der Waals surface area contributed by atoms with Gasteiger partial charge < -0.3 is 14.7 Å². The van der Waals surface area contributed by atoms with Gasteiger partial charge in [-0.3, -0.25) is 0 Å². The summed E-state index contributed by atoms with van der Waals surface area (Å²) in [4.78, 5) is 13.9. The zero-order chi connectivity index (χ0) is 16.8. The second-order valence-corrected chi connectivity index (χ2v) is 5.20. The Morgan fingerprint density at radius 2 is 1.74 bits per heavy atom. The third-order valence-electron chi connectivity index (χ3n) is 3.29. The second-order valence-electron chi connectivity index (χ2n) is 4.79. The van der Waals surface area contributed by atoms with Gasteiger partial charge in [-0.05, 0) is 19.1 Å². The Bertz CT molecular complexity index is 713. The fourth-order valence-electron chi connectivity index (χ4n) is 2.17. The zero-order valence-electron chi connectivity index (χ0n) is 13.0. The average molecular weight is 332 g/mol. The van der Waals surface area contributed by atoms with E-state index >= 15 is 0 Å². The molecule has 5 heteroatoms. The maximum atomic E-state index is 12.4. The van der Waals surface area contributed by atoms with Crippen LogP contribution in [0.5, 0.6) is 0 Å². The maximum Gasteiger partial charge on any atom is 0.358 e. The molecule has 2 rings (SSSR count). The Labute approximate surface area is 140 Å². The molecule has 0 bridgehead atoms. The van der Waals surface area contributed by atoms with Gasteiger partial charge in [-0.1, -0.05) is 54.1 Å². The number of nitrogens with zero attached hydrogens (tertiary/aromatic N) is 1. The normalized spacial score (nSPS) is 11.6. The molecule has 0 saturated heterocycles. The second kappa shape index (κ2) is 7.70. The number of anilines is 1. The van der Waals surface area contributed by atoms with Gasteiger partial charge in [0.05, 0.1) is 17.3 Å². The summed E-state index contributed by atoms with van der Waals surface area (Å²) in [5, 5.41) is 11.1. The molecule has 0 fully saturated rings. The Hall–Kier alpha value is -2.46. The third-order valence-corrected chi connectivity index (χ3v) is 3.61. The summed E-state index contributed by atoms with van der Waals surface area (Å²) >= 11 is 6.20. The van der Waals surface area contributed by atoms with Crippen LogP contribution in [0.1, 0.15) is 12.5 Å². The molecule has 0 aromatic heterocycles. The monoisotopic (exact) mass is 331 g/mol. The van der Waals surface area contributed by atoms with E-state index in [2.05, 4.69) is 0 Å². The van der Waals surface area contributed by atoms with Gasteiger partial charge in [0.25, 0.3) is 0 Å². The number of ether oxygens (including phenoxy) is 1. The van der Waals surface area contributed by atoms with Crippen LogP contribution in [-0.4, -0.2) is 24.7 Å². The topological polar surface area (TPSA) is 49.8 Å². The van der Waals surface area contributed by atoms with Crippen LogP contribution in [0.4, 0.5) is 5.69 Å². The highest BCUT2D eigenvalue weighted by Crippen LogP contribution is 2.30. The SMILES string of the molecule is CCOC(=O)/C(=C(\O)c1ccccc1)N(C)c1ccccc1Cl. The number of hydrogen-bond acceptors (Lipinski definition) is 4. The lowest BCUT2D eigenvalue weighted by molar-refractivity contribution is -0.138. The fraction of sp³-hybridized carbons (Fsp3) is 0.167. The van der Waals surface area contributed by atoms with Crippen molar-refractivity contribution in [2.75, 3.05) is 18.6 Å². The Morgan fingerprint density at radius 3 is 2.35 bits per heavy atom. The molecule has 0 amide bonds. The minimum absolute atomic E-state index is 0.0335. The molecular weight excluding hydrogens is 314 g/mol. The molecule has 0 atom stereocenters. The van der Waals surface area contributed by atoms with Gasteiger partial charge in [-0.25, -0.2) is 4.79 Å². The standard InChI is InChI=1S/C18H18ClNO3/c1-3-23-18(22)16(17(21)13-9-5-4-6-10-13)20(2)15-12-8-7-11-14(15)19/h4-12,21H,3H2,1-2H3/b17-16+. The number of benzene rings is 2. The first-order valence-electron chi connectivity index (χ1n) is 7.20. The summed E-state index contributed by atoms with van der Waals surface area (Å²) in [5.74, 6) is -0.775. The van der Waals surface area contributed by atoms with E-state index in [-0.39, 0.29) is 18.1 Å². The van der Waals surface area contributed by atoms with Crippen LogP contribution >= 0.6 is 11.6 Å². The molecule has 23 heavy (non-hydrogen) atoms. The van der Waals surface area contributed by atoms with E-state index in [1.165, 1.54) is 4.90 Å². The van der Waals surface area contributed by atoms with Crippen molar-refractivity contribution in [2.45, 2.75) is 6.92 Å². The highest BCUT2D eigenvalue weighted by Gasteiger charge is 2.24. The maximum absolute atomic E-state index is 12.4. The van der Waals surface area contributed by atoms with Crippen molar-refractivity contribution in [2.24, 2.45) is 0 Å². The molecule has 0 spiro atoms. The van der Waals surface area contributed by atoms with Crippen LogP contribution in [0.2, 0.25) is 5.02 Å². The van der Waals surface area contributed by atoms with E-state index in [9.17, 15) is 9.90 Å². The number of hydrogen-bond donors (Lipinski definition) is 1. The number of aliphatic hydroxyl groups excluding tert-OH is 1. The van der Waals surface area contributed by atoms with Crippen LogP contribution < -0.4 is 4.90 Å². The Balaban J connectivity index is 2.55. The van der Waals surface area contributed by atoms with Gasteiger partial charge in [0.1, 0.15) is 0 Å². The molecule has 0 radical (unpaired) electrons. The lowest BCUT2D eigenvalue weighted by atomic mass is 10.1. The first-order valence-corrected chi connectivity index (χ1v) is 7.58. The smallest absolute Gasteiger partial charge is 0.358 e. The quantitative estimate of drug-likeness (QED) is 0.505. The van der Waals surface area contributed by atoms with Crippen molar-refractivity contribution in [3.8, 4) is 0 Å². The van der Waals surface area contributed by atoms with E-state index in [1.54, 1.807) is 62.5 Å². The van der Waals surface area contributed by atoms with Gasteiger partial charge in [-0.2, -0.15) is 0 Å². The first kappa shape index (κ1) is 16.9. The summed E-state index contributed by atoms with van der Waals surface area (Å²) in [5.41, 5.74) is 1.15. The first-order chi connectivity index (χ1) is 11.1. The number of carbonyl (C=O) groups excluding carboxylic acids is 1. The van der Waals surface area contributed by atoms with Gasteiger partial charge in [0.15, 0.2) is 11.5 Å². The highest BCUT2D eigenvalue weighted by molar-refractivity contribution is 6.33. The van der Waals surface area contributed by atoms with Crippen LogP contribution in [-0.2, 0) is 9.53 Å². The van der Waals surface area contributed by atoms with E-state index in [0.717, 1.165) is 0 Å². The zero-order valence-corrected chi connectivity index (χ0v) is 13.7. The molecular formula is C18H18ClNO3. The van der Waals surface area contributed by atoms with Crippen LogP contribution in [0, 0.1) is 0 Å². The van der Waals surface area contributed by atoms with Crippen molar-refractivity contribution in [1.82, 2.24) is 0 Å². The van der Waals surface area contributed by atoms with Crippen molar-refractivity contribution >= 4 is 29.0 Å². The molecule has 0 aliphatic rings. The predicted octanol–water partition coefficient (Wildman–Crippen LogP) is 4.27. The van der Waals surface area contributed by atoms with Gasteiger partial charge in [0.2, 0.25) is 0 Å². The molecule has 0 aliphatic carbocycles. The molecule has 4 nitrogen and oxygen atoms in total. The molecule has 0 unspecified atom stereocenters. The lowest BCUT2D eigenvalue weighted by Gasteiger charge is -2.23.